The van der Waals surface area contributed by atoms with Crippen molar-refractivity contribution in [2.24, 2.45) is 5.10 Å². The normalized spacial score (nSPS) is 13.5. The Labute approximate surface area is 226 Å². The number of esters is 1. The number of carbonyl (C=O) groups is 4. The van der Waals surface area contributed by atoms with E-state index in [9.17, 15) is 19.2 Å². The second-order valence-corrected chi connectivity index (χ2v) is 9.34. The Balaban J connectivity index is 1.28. The van der Waals surface area contributed by atoms with Crippen LogP contribution in [0.15, 0.2) is 77.9 Å². The average Bonchev–Trinajstić information content (AvgIpc) is 2.94. The lowest BCUT2D eigenvalue weighted by Crippen LogP contribution is -2.37. The summed E-state index contributed by atoms with van der Waals surface area (Å²) in [5.74, 6) is -2.34. The van der Waals surface area contributed by atoms with Crippen LogP contribution in [0.4, 0.5) is 5.69 Å². The molecule has 200 valence electrons. The first-order chi connectivity index (χ1) is 18.9. The molecule has 4 rings (SSSR count). The molecule has 9 nitrogen and oxygen atoms in total. The van der Waals surface area contributed by atoms with Crippen molar-refractivity contribution < 1.29 is 23.9 Å². The van der Waals surface area contributed by atoms with Crippen molar-refractivity contribution in [2.45, 2.75) is 45.1 Å². The standard InChI is InChI=1S/C30H30N4O5/c1-20-8-7-9-22(18-20)30(38)39-24-16-14-21(15-17-24)19-31-34-29(37)28(36)33-26-13-6-5-12-25(26)27(35)32-23-10-3-2-4-11-23/h5-9,12-19,23H,2-4,10-11H2,1H3,(H,32,35)(H,33,36)(H,34,37)/b31-19+. The lowest BCUT2D eigenvalue weighted by Gasteiger charge is -2.23. The molecular formula is C30H30N4O5. The molecular weight excluding hydrogens is 496 g/mol. The number of nitrogens with zero attached hydrogens (tertiary/aromatic N) is 1. The van der Waals surface area contributed by atoms with Gasteiger partial charge in [0, 0.05) is 6.04 Å². The molecule has 0 aliphatic heterocycles. The maximum Gasteiger partial charge on any atom is 0.343 e. The molecule has 3 amide bonds. The molecule has 0 heterocycles. The van der Waals surface area contributed by atoms with E-state index in [4.69, 9.17) is 4.74 Å². The highest BCUT2D eigenvalue weighted by atomic mass is 16.5. The number of rotatable bonds is 7. The van der Waals surface area contributed by atoms with E-state index in [0.29, 0.717) is 16.9 Å². The number of hydrogen-bond donors (Lipinski definition) is 3. The lowest BCUT2D eigenvalue weighted by atomic mass is 9.95. The van der Waals surface area contributed by atoms with Gasteiger partial charge in [0.25, 0.3) is 5.91 Å². The molecule has 39 heavy (non-hydrogen) atoms. The molecule has 0 radical (unpaired) electrons. The van der Waals surface area contributed by atoms with Crippen molar-refractivity contribution in [1.29, 1.82) is 0 Å². The molecule has 3 aromatic rings. The second kappa shape index (κ2) is 13.1. The van der Waals surface area contributed by atoms with E-state index >= 15 is 0 Å². The third-order valence-electron chi connectivity index (χ3n) is 6.29. The summed E-state index contributed by atoms with van der Waals surface area (Å²) in [4.78, 5) is 49.8. The zero-order valence-corrected chi connectivity index (χ0v) is 21.6. The monoisotopic (exact) mass is 526 g/mol. The highest BCUT2D eigenvalue weighted by molar-refractivity contribution is 6.40. The molecule has 0 spiro atoms. The molecule has 1 aliphatic carbocycles. The van der Waals surface area contributed by atoms with Crippen molar-refractivity contribution in [2.75, 3.05) is 5.32 Å². The van der Waals surface area contributed by atoms with Crippen LogP contribution in [0.1, 0.15) is 63.9 Å². The Morgan fingerprint density at radius 1 is 0.872 bits per heavy atom. The molecule has 0 saturated heterocycles. The van der Waals surface area contributed by atoms with Gasteiger partial charge in [0.1, 0.15) is 5.75 Å². The van der Waals surface area contributed by atoms with Crippen LogP contribution in [0.3, 0.4) is 0 Å². The predicted molar refractivity (Wildman–Crippen MR) is 148 cm³/mol. The van der Waals surface area contributed by atoms with Crippen LogP contribution in [-0.4, -0.2) is 35.9 Å². The van der Waals surface area contributed by atoms with E-state index in [-0.39, 0.29) is 23.2 Å². The Morgan fingerprint density at radius 2 is 1.62 bits per heavy atom. The molecule has 1 saturated carbocycles. The molecule has 0 atom stereocenters. The zero-order valence-electron chi connectivity index (χ0n) is 21.6. The summed E-state index contributed by atoms with van der Waals surface area (Å²) in [6.45, 7) is 1.89. The van der Waals surface area contributed by atoms with Crippen LogP contribution < -0.4 is 20.8 Å². The first-order valence-corrected chi connectivity index (χ1v) is 12.8. The molecule has 3 aromatic carbocycles. The number of benzene rings is 3. The first kappa shape index (κ1) is 27.3. The summed E-state index contributed by atoms with van der Waals surface area (Å²) in [5, 5.41) is 9.31. The van der Waals surface area contributed by atoms with E-state index in [0.717, 1.165) is 31.2 Å². The fraction of sp³-hybridized carbons (Fsp3) is 0.233. The van der Waals surface area contributed by atoms with Gasteiger partial charge in [-0.05, 0) is 73.9 Å². The Hall–Kier alpha value is -4.79. The van der Waals surface area contributed by atoms with Gasteiger partial charge in [-0.15, -0.1) is 0 Å². The number of nitrogens with one attached hydrogen (secondary N) is 3. The summed E-state index contributed by atoms with van der Waals surface area (Å²) in [6.07, 6.45) is 6.55. The molecule has 1 aliphatic rings. The summed E-state index contributed by atoms with van der Waals surface area (Å²) >= 11 is 0. The number of carbonyl (C=O) groups excluding carboxylic acids is 4. The van der Waals surface area contributed by atoms with Gasteiger partial charge in [0.15, 0.2) is 0 Å². The SMILES string of the molecule is Cc1cccc(C(=O)Oc2ccc(/C=N/NC(=O)C(=O)Nc3ccccc3C(=O)NC3CCCCC3)cc2)c1. The van der Waals surface area contributed by atoms with E-state index in [1.54, 1.807) is 66.7 Å². The molecule has 9 heteroatoms. The number of amides is 3. The maximum atomic E-state index is 12.8. The molecule has 0 bridgehead atoms. The number of ether oxygens (including phenoxy) is 1. The van der Waals surface area contributed by atoms with Crippen molar-refractivity contribution in [3.8, 4) is 5.75 Å². The van der Waals surface area contributed by atoms with Gasteiger partial charge >= 0.3 is 17.8 Å². The van der Waals surface area contributed by atoms with Gasteiger partial charge < -0.3 is 15.4 Å². The molecule has 3 N–H and O–H groups in total. The van der Waals surface area contributed by atoms with Gasteiger partial charge in [-0.3, -0.25) is 14.4 Å². The largest absolute Gasteiger partial charge is 0.423 e. The van der Waals surface area contributed by atoms with Gasteiger partial charge in [0.05, 0.1) is 23.0 Å². The summed E-state index contributed by atoms with van der Waals surface area (Å²) < 4.78 is 5.38. The second-order valence-electron chi connectivity index (χ2n) is 9.34. The fourth-order valence-electron chi connectivity index (χ4n) is 4.26. The van der Waals surface area contributed by atoms with E-state index < -0.39 is 17.8 Å². The third-order valence-corrected chi connectivity index (χ3v) is 6.29. The quantitative estimate of drug-likeness (QED) is 0.139. The van der Waals surface area contributed by atoms with Crippen molar-refractivity contribution in [1.82, 2.24) is 10.7 Å². The smallest absolute Gasteiger partial charge is 0.343 e. The number of para-hydroxylation sites is 1. The summed E-state index contributed by atoms with van der Waals surface area (Å²) in [7, 11) is 0. The molecule has 1 fully saturated rings. The number of hydrogen-bond acceptors (Lipinski definition) is 6. The van der Waals surface area contributed by atoms with Crippen molar-refractivity contribution in [3.63, 3.8) is 0 Å². The van der Waals surface area contributed by atoms with Gasteiger partial charge in [-0.1, -0.05) is 49.1 Å². The minimum Gasteiger partial charge on any atom is -0.423 e. The van der Waals surface area contributed by atoms with E-state index in [1.807, 2.05) is 13.0 Å². The van der Waals surface area contributed by atoms with Crippen LogP contribution in [0, 0.1) is 6.92 Å². The Kier molecular flexibility index (Phi) is 9.18. The highest BCUT2D eigenvalue weighted by Gasteiger charge is 2.21. The van der Waals surface area contributed by atoms with Gasteiger partial charge in [-0.25, -0.2) is 10.2 Å². The number of aryl methyl sites for hydroxylation is 1. The maximum absolute atomic E-state index is 12.8. The van der Waals surface area contributed by atoms with Crippen molar-refractivity contribution in [3.05, 3.63) is 95.1 Å². The number of hydrazone groups is 1. The minimum absolute atomic E-state index is 0.113. The number of anilines is 1. The van der Waals surface area contributed by atoms with Crippen LogP contribution in [0.25, 0.3) is 0 Å². The third kappa shape index (κ3) is 7.85. The van der Waals surface area contributed by atoms with Crippen LogP contribution >= 0.6 is 0 Å². The molecule has 0 unspecified atom stereocenters. The predicted octanol–water partition coefficient (Wildman–Crippen LogP) is 4.37. The fourth-order valence-corrected chi connectivity index (χ4v) is 4.26. The topological polar surface area (TPSA) is 126 Å². The Bertz CT molecular complexity index is 1380. The van der Waals surface area contributed by atoms with Crippen LogP contribution in [0.5, 0.6) is 5.75 Å². The summed E-state index contributed by atoms with van der Waals surface area (Å²) in [5.41, 5.74) is 4.72. The van der Waals surface area contributed by atoms with E-state index in [2.05, 4.69) is 21.2 Å². The highest BCUT2D eigenvalue weighted by Crippen LogP contribution is 2.20. The minimum atomic E-state index is -0.988. The van der Waals surface area contributed by atoms with Gasteiger partial charge in [0.2, 0.25) is 0 Å². The van der Waals surface area contributed by atoms with Crippen molar-refractivity contribution >= 4 is 35.6 Å². The lowest BCUT2D eigenvalue weighted by molar-refractivity contribution is -0.136. The van der Waals surface area contributed by atoms with Crippen LogP contribution in [-0.2, 0) is 9.59 Å². The Morgan fingerprint density at radius 3 is 2.36 bits per heavy atom. The van der Waals surface area contributed by atoms with E-state index in [1.165, 1.54) is 12.6 Å². The van der Waals surface area contributed by atoms with Crippen LogP contribution in [0.2, 0.25) is 0 Å². The summed E-state index contributed by atoms with van der Waals surface area (Å²) in [6, 6.07) is 20.2. The zero-order chi connectivity index (χ0) is 27.6. The average molecular weight is 527 g/mol. The molecule has 0 aromatic heterocycles. The first-order valence-electron chi connectivity index (χ1n) is 12.8. The van der Waals surface area contributed by atoms with Gasteiger partial charge in [-0.2, -0.15) is 5.10 Å².